The van der Waals surface area contributed by atoms with Crippen molar-refractivity contribution in [3.63, 3.8) is 0 Å². The maximum atomic E-state index is 12.8. The molecule has 2 aromatic rings. The van der Waals surface area contributed by atoms with Gasteiger partial charge < -0.3 is 10.6 Å². The monoisotopic (exact) mass is 407 g/mol. The van der Waals surface area contributed by atoms with E-state index < -0.39 is 14.8 Å². The van der Waals surface area contributed by atoms with Gasteiger partial charge in [-0.3, -0.25) is 14.9 Å². The maximum Gasteiger partial charge on any atom is 0.293 e. The summed E-state index contributed by atoms with van der Waals surface area (Å²) in [6, 6.07) is 9.19. The summed E-state index contributed by atoms with van der Waals surface area (Å²) in [4.78, 5) is 22.1. The van der Waals surface area contributed by atoms with Crippen molar-refractivity contribution in [2.45, 2.75) is 4.90 Å². The molecule has 8 nitrogen and oxygen atoms in total. The molecule has 0 radical (unpaired) electrons. The highest BCUT2D eigenvalue weighted by Crippen LogP contribution is 2.27. The summed E-state index contributed by atoms with van der Waals surface area (Å²) in [7, 11) is -3.56. The van der Waals surface area contributed by atoms with Crippen LogP contribution in [0.3, 0.4) is 0 Å². The van der Waals surface area contributed by atoms with Crippen molar-refractivity contribution in [3.8, 4) is 0 Å². The van der Waals surface area contributed by atoms with Gasteiger partial charge in [-0.25, -0.2) is 12.8 Å². The van der Waals surface area contributed by atoms with Crippen molar-refractivity contribution in [2.75, 3.05) is 24.7 Å². The summed E-state index contributed by atoms with van der Waals surface area (Å²) in [5.41, 5.74) is 0.440. The molecule has 0 aliphatic heterocycles. The van der Waals surface area contributed by atoms with Crippen molar-refractivity contribution in [1.82, 2.24) is 5.32 Å². The lowest BCUT2D eigenvalue weighted by Crippen LogP contribution is -2.27. The van der Waals surface area contributed by atoms with Crippen LogP contribution in [0.15, 0.2) is 53.4 Å². The zero-order valence-corrected chi connectivity index (χ0v) is 15.7. The predicted octanol–water partition coefficient (Wildman–Crippen LogP) is 2.38. The molecule has 0 aliphatic rings. The molecule has 0 saturated heterocycles. The van der Waals surface area contributed by atoms with E-state index in [9.17, 15) is 27.7 Å². The Morgan fingerprint density at radius 2 is 1.86 bits per heavy atom. The number of carbonyl (C=O) groups excluding carboxylic acids is 1. The third-order valence-corrected chi connectivity index (χ3v) is 4.74. The summed E-state index contributed by atoms with van der Waals surface area (Å²) >= 11 is 0. The number of rotatable bonds is 8. The van der Waals surface area contributed by atoms with Gasteiger partial charge in [0.2, 0.25) is 5.91 Å². The lowest BCUT2D eigenvalue weighted by atomic mass is 10.2. The molecule has 2 N–H and O–H groups in total. The first-order valence-electron chi connectivity index (χ1n) is 8.10. The van der Waals surface area contributed by atoms with Crippen molar-refractivity contribution < 1.29 is 22.5 Å². The molecular weight excluding hydrogens is 389 g/mol. The highest BCUT2D eigenvalue weighted by molar-refractivity contribution is 7.90. The number of benzene rings is 2. The Bertz CT molecular complexity index is 1000. The molecule has 0 bridgehead atoms. The Kier molecular flexibility index (Phi) is 6.83. The lowest BCUT2D eigenvalue weighted by Gasteiger charge is -2.08. The van der Waals surface area contributed by atoms with Crippen molar-refractivity contribution in [3.05, 3.63) is 70.0 Å². The van der Waals surface area contributed by atoms with Crippen molar-refractivity contribution in [1.29, 1.82) is 0 Å². The van der Waals surface area contributed by atoms with Crippen LogP contribution < -0.4 is 10.6 Å². The van der Waals surface area contributed by atoms with Gasteiger partial charge in [0.1, 0.15) is 11.5 Å². The molecule has 10 heteroatoms. The second-order valence-electron chi connectivity index (χ2n) is 5.81. The van der Waals surface area contributed by atoms with Crippen molar-refractivity contribution >= 4 is 33.2 Å². The standard InChI is InChI=1S/C18H18FN3O5S/c1-28(26,27)15-7-8-16(17(12-15)22(24)25)20-10-11-21-18(23)9-4-13-2-5-14(19)6-3-13/h2-9,12,20H,10-11H2,1H3,(H,21,23)/b9-4+. The van der Waals surface area contributed by atoms with Gasteiger partial charge in [0.15, 0.2) is 9.84 Å². The molecule has 2 aromatic carbocycles. The molecular formula is C18H18FN3O5S. The van der Waals surface area contributed by atoms with Gasteiger partial charge in [-0.1, -0.05) is 12.1 Å². The molecule has 0 atom stereocenters. The van der Waals surface area contributed by atoms with Crippen LogP contribution in [0.1, 0.15) is 5.56 Å². The smallest absolute Gasteiger partial charge is 0.293 e. The van der Waals surface area contributed by atoms with Crippen LogP contribution in [0.5, 0.6) is 0 Å². The van der Waals surface area contributed by atoms with Crippen LogP contribution in [-0.2, 0) is 14.6 Å². The van der Waals surface area contributed by atoms with Crippen LogP contribution in [0.2, 0.25) is 0 Å². The summed E-state index contributed by atoms with van der Waals surface area (Å²) in [6.45, 7) is 0.368. The highest BCUT2D eigenvalue weighted by Gasteiger charge is 2.18. The van der Waals surface area contributed by atoms with Gasteiger partial charge >= 0.3 is 0 Å². The van der Waals surface area contributed by atoms with Crippen LogP contribution in [-0.4, -0.2) is 38.6 Å². The van der Waals surface area contributed by atoms with Crippen LogP contribution in [0.25, 0.3) is 6.08 Å². The summed E-state index contributed by atoms with van der Waals surface area (Å²) in [5.74, 6) is -0.751. The average Bonchev–Trinajstić information content (AvgIpc) is 2.64. The number of nitro benzene ring substituents is 1. The number of halogens is 1. The Labute approximate surface area is 161 Å². The number of nitro groups is 1. The van der Waals surface area contributed by atoms with E-state index >= 15 is 0 Å². The molecule has 0 spiro atoms. The topological polar surface area (TPSA) is 118 Å². The third kappa shape index (κ3) is 6.16. The fourth-order valence-electron chi connectivity index (χ4n) is 2.23. The van der Waals surface area contributed by atoms with Gasteiger partial charge in [-0.15, -0.1) is 0 Å². The molecule has 28 heavy (non-hydrogen) atoms. The second-order valence-corrected chi connectivity index (χ2v) is 7.83. The predicted molar refractivity (Wildman–Crippen MR) is 103 cm³/mol. The van der Waals surface area contributed by atoms with Gasteiger partial charge in [0.25, 0.3) is 5.69 Å². The van der Waals surface area contributed by atoms with Gasteiger partial charge in [-0.05, 0) is 35.9 Å². The van der Waals surface area contributed by atoms with Crippen molar-refractivity contribution in [2.24, 2.45) is 0 Å². The third-order valence-electron chi connectivity index (χ3n) is 3.63. The molecule has 0 aromatic heterocycles. The first-order chi connectivity index (χ1) is 13.2. The SMILES string of the molecule is CS(=O)(=O)c1ccc(NCCNC(=O)/C=C/c2ccc(F)cc2)c([N+](=O)[O-])c1. The first kappa shape index (κ1) is 21.0. The normalized spacial score (nSPS) is 11.4. The summed E-state index contributed by atoms with van der Waals surface area (Å²) in [5, 5.41) is 16.5. The molecule has 0 aliphatic carbocycles. The van der Waals surface area contributed by atoms with E-state index in [4.69, 9.17) is 0 Å². The Morgan fingerprint density at radius 1 is 1.18 bits per heavy atom. The number of nitrogens with zero attached hydrogens (tertiary/aromatic N) is 1. The van der Waals surface area contributed by atoms with E-state index in [2.05, 4.69) is 10.6 Å². The highest BCUT2D eigenvalue weighted by atomic mass is 32.2. The minimum atomic E-state index is -3.56. The molecule has 0 unspecified atom stereocenters. The molecule has 0 fully saturated rings. The number of hydrogen-bond donors (Lipinski definition) is 2. The number of hydrogen-bond acceptors (Lipinski definition) is 6. The zero-order valence-electron chi connectivity index (χ0n) is 14.9. The van der Waals surface area contributed by atoms with Gasteiger partial charge in [0, 0.05) is 31.5 Å². The van der Waals surface area contributed by atoms with Crippen LogP contribution >= 0.6 is 0 Å². The Morgan fingerprint density at radius 3 is 2.46 bits per heavy atom. The molecule has 0 heterocycles. The van der Waals surface area contributed by atoms with E-state index in [1.165, 1.54) is 48.6 Å². The first-order valence-corrected chi connectivity index (χ1v) is 10.00. The van der Waals surface area contributed by atoms with E-state index in [0.29, 0.717) is 5.56 Å². The van der Waals surface area contributed by atoms with Crippen LogP contribution in [0, 0.1) is 15.9 Å². The maximum absolute atomic E-state index is 12.8. The summed E-state index contributed by atoms with van der Waals surface area (Å²) in [6.07, 6.45) is 3.78. The van der Waals surface area contributed by atoms with E-state index in [0.717, 1.165) is 12.3 Å². The molecule has 1 amide bonds. The number of sulfone groups is 1. The largest absolute Gasteiger partial charge is 0.378 e. The van der Waals surface area contributed by atoms with Gasteiger partial charge in [0.05, 0.1) is 9.82 Å². The minimum Gasteiger partial charge on any atom is -0.378 e. The number of anilines is 1. The van der Waals surface area contributed by atoms with Crippen LogP contribution in [0.4, 0.5) is 15.8 Å². The molecule has 0 saturated carbocycles. The quantitative estimate of drug-likeness (QED) is 0.300. The number of amides is 1. The molecule has 148 valence electrons. The average molecular weight is 407 g/mol. The Balaban J connectivity index is 1.90. The summed E-state index contributed by atoms with van der Waals surface area (Å²) < 4.78 is 35.8. The number of nitrogens with one attached hydrogen (secondary N) is 2. The lowest BCUT2D eigenvalue weighted by molar-refractivity contribution is -0.384. The van der Waals surface area contributed by atoms with E-state index in [1.54, 1.807) is 0 Å². The fourth-order valence-corrected chi connectivity index (χ4v) is 2.87. The molecule has 2 rings (SSSR count). The minimum absolute atomic E-state index is 0.147. The van der Waals surface area contributed by atoms with E-state index in [-0.39, 0.29) is 41.1 Å². The Hall–Kier alpha value is -3.27. The second kappa shape index (κ2) is 9.09. The number of carbonyl (C=O) groups is 1. The van der Waals surface area contributed by atoms with E-state index in [1.807, 2.05) is 0 Å². The fraction of sp³-hybridized carbons (Fsp3) is 0.167. The zero-order chi connectivity index (χ0) is 20.7. The van der Waals surface area contributed by atoms with Gasteiger partial charge in [-0.2, -0.15) is 0 Å².